The predicted octanol–water partition coefficient (Wildman–Crippen LogP) is 2.21. The average Bonchev–Trinajstić information content (AvgIpc) is 2.68. The first-order chi connectivity index (χ1) is 8.22. The van der Waals surface area contributed by atoms with E-state index in [0.29, 0.717) is 6.61 Å². The lowest BCUT2D eigenvalue weighted by atomic mass is 10.0. The van der Waals surface area contributed by atoms with Crippen LogP contribution < -0.4 is 5.32 Å². The minimum atomic E-state index is -0.361. The fourth-order valence-electron chi connectivity index (χ4n) is 2.02. The zero-order chi connectivity index (χ0) is 12.3. The van der Waals surface area contributed by atoms with Gasteiger partial charge >= 0.3 is 5.97 Å². The van der Waals surface area contributed by atoms with E-state index in [1.165, 1.54) is 5.56 Å². The normalized spacial score (nSPS) is 21.4. The Balaban J connectivity index is 2.10. The molecule has 90 valence electrons. The molecule has 1 N–H and O–H groups in total. The van der Waals surface area contributed by atoms with Crippen LogP contribution in [0.5, 0.6) is 0 Å². The van der Waals surface area contributed by atoms with Gasteiger partial charge in [-0.05, 0) is 17.6 Å². The molecule has 3 heteroatoms. The molecule has 1 unspecified atom stereocenters. The summed E-state index contributed by atoms with van der Waals surface area (Å²) in [6.45, 7) is 6.28. The molecule has 1 aliphatic heterocycles. The third kappa shape index (κ3) is 2.56. The second-order valence-electron chi connectivity index (χ2n) is 4.24. The van der Waals surface area contributed by atoms with Crippen molar-refractivity contribution in [2.45, 2.75) is 25.4 Å². The number of hydrogen-bond acceptors (Lipinski definition) is 3. The number of ether oxygens (including phenoxy) is 1. The molecule has 2 atom stereocenters. The average molecular weight is 231 g/mol. The lowest BCUT2D eigenvalue weighted by Crippen LogP contribution is -2.37. The number of esters is 1. The number of cyclic esters (lactones) is 1. The summed E-state index contributed by atoms with van der Waals surface area (Å²) in [7, 11) is 0. The molecule has 1 aliphatic rings. The van der Waals surface area contributed by atoms with Gasteiger partial charge in [0.1, 0.15) is 12.6 Å². The van der Waals surface area contributed by atoms with E-state index in [0.717, 1.165) is 12.0 Å². The summed E-state index contributed by atoms with van der Waals surface area (Å²) in [6.07, 6.45) is 0.918. The monoisotopic (exact) mass is 231 g/mol. The van der Waals surface area contributed by atoms with Crippen molar-refractivity contribution in [2.75, 3.05) is 6.61 Å². The van der Waals surface area contributed by atoms with Gasteiger partial charge < -0.3 is 4.74 Å². The van der Waals surface area contributed by atoms with Crippen molar-refractivity contribution < 1.29 is 9.53 Å². The standard InChI is InChI=1S/C14H17NO2/c1-3-12(11-7-5-4-6-8-11)15-13-10(2)9-17-14(13)16/h4-8,12-13,15H,2-3,9H2,1H3/t12?,13-/m1/s1. The van der Waals surface area contributed by atoms with Crippen molar-refractivity contribution >= 4 is 5.97 Å². The van der Waals surface area contributed by atoms with Crippen LogP contribution in [0.4, 0.5) is 0 Å². The van der Waals surface area contributed by atoms with Gasteiger partial charge in [0.15, 0.2) is 0 Å². The minimum absolute atomic E-state index is 0.156. The molecule has 3 nitrogen and oxygen atoms in total. The van der Waals surface area contributed by atoms with Crippen LogP contribution in [0.3, 0.4) is 0 Å². The fourth-order valence-corrected chi connectivity index (χ4v) is 2.02. The maximum Gasteiger partial charge on any atom is 0.327 e. The zero-order valence-electron chi connectivity index (χ0n) is 9.98. The van der Waals surface area contributed by atoms with Crippen LogP contribution in [0.25, 0.3) is 0 Å². The van der Waals surface area contributed by atoms with E-state index in [-0.39, 0.29) is 18.1 Å². The topological polar surface area (TPSA) is 38.3 Å². The van der Waals surface area contributed by atoms with E-state index >= 15 is 0 Å². The third-order valence-electron chi connectivity index (χ3n) is 3.02. The van der Waals surface area contributed by atoms with E-state index in [1.54, 1.807) is 0 Å². The Morgan fingerprint density at radius 2 is 2.18 bits per heavy atom. The Hall–Kier alpha value is -1.61. The van der Waals surface area contributed by atoms with Crippen LogP contribution in [-0.4, -0.2) is 18.6 Å². The molecule has 1 aromatic rings. The summed E-state index contributed by atoms with van der Waals surface area (Å²) in [6, 6.07) is 9.90. The first-order valence-electron chi connectivity index (χ1n) is 5.87. The number of carbonyl (C=O) groups excluding carboxylic acids is 1. The Kier molecular flexibility index (Phi) is 3.59. The molecular formula is C14H17NO2. The molecular weight excluding hydrogens is 214 g/mol. The van der Waals surface area contributed by atoms with Crippen molar-refractivity contribution in [2.24, 2.45) is 0 Å². The highest BCUT2D eigenvalue weighted by Gasteiger charge is 2.31. The van der Waals surface area contributed by atoms with Gasteiger partial charge in [-0.1, -0.05) is 43.8 Å². The van der Waals surface area contributed by atoms with Gasteiger partial charge in [-0.25, -0.2) is 4.79 Å². The molecule has 1 aromatic carbocycles. The molecule has 0 bridgehead atoms. The van der Waals surface area contributed by atoms with Crippen LogP contribution in [-0.2, 0) is 9.53 Å². The van der Waals surface area contributed by atoms with E-state index < -0.39 is 0 Å². The van der Waals surface area contributed by atoms with Crippen LogP contribution in [0, 0.1) is 0 Å². The highest BCUT2D eigenvalue weighted by Crippen LogP contribution is 2.21. The van der Waals surface area contributed by atoms with Gasteiger partial charge in [0.2, 0.25) is 0 Å². The fraction of sp³-hybridized carbons (Fsp3) is 0.357. The van der Waals surface area contributed by atoms with Gasteiger partial charge in [-0.15, -0.1) is 0 Å². The lowest BCUT2D eigenvalue weighted by molar-refractivity contribution is -0.139. The Morgan fingerprint density at radius 1 is 1.47 bits per heavy atom. The maximum atomic E-state index is 11.5. The first kappa shape index (κ1) is 11.9. The predicted molar refractivity (Wildman–Crippen MR) is 66.5 cm³/mol. The van der Waals surface area contributed by atoms with Crippen molar-refractivity contribution in [1.82, 2.24) is 5.32 Å². The Bertz CT molecular complexity index is 397. The molecule has 1 saturated heterocycles. The van der Waals surface area contributed by atoms with E-state index in [4.69, 9.17) is 4.74 Å². The van der Waals surface area contributed by atoms with Crippen LogP contribution >= 0.6 is 0 Å². The van der Waals surface area contributed by atoms with E-state index in [9.17, 15) is 4.79 Å². The Morgan fingerprint density at radius 3 is 2.71 bits per heavy atom. The third-order valence-corrected chi connectivity index (χ3v) is 3.02. The highest BCUT2D eigenvalue weighted by atomic mass is 16.5. The van der Waals surface area contributed by atoms with Gasteiger partial charge in [0.25, 0.3) is 0 Å². The number of nitrogens with one attached hydrogen (secondary N) is 1. The second kappa shape index (κ2) is 5.15. The molecule has 17 heavy (non-hydrogen) atoms. The summed E-state index contributed by atoms with van der Waals surface area (Å²) in [5, 5.41) is 3.31. The number of rotatable bonds is 4. The molecule has 2 rings (SSSR count). The van der Waals surface area contributed by atoms with Gasteiger partial charge in [0.05, 0.1) is 0 Å². The number of hydrogen-bond donors (Lipinski definition) is 1. The second-order valence-corrected chi connectivity index (χ2v) is 4.24. The number of carbonyl (C=O) groups is 1. The van der Waals surface area contributed by atoms with Crippen LogP contribution in [0.15, 0.2) is 42.5 Å². The van der Waals surface area contributed by atoms with Gasteiger partial charge in [0, 0.05) is 6.04 Å². The zero-order valence-corrected chi connectivity index (χ0v) is 9.98. The van der Waals surface area contributed by atoms with Gasteiger partial charge in [-0.2, -0.15) is 0 Å². The Labute approximate surface area is 101 Å². The maximum absolute atomic E-state index is 11.5. The molecule has 1 fully saturated rings. The summed E-state index contributed by atoms with van der Waals surface area (Å²) in [5.41, 5.74) is 1.99. The summed E-state index contributed by atoms with van der Waals surface area (Å²) in [5.74, 6) is -0.218. The summed E-state index contributed by atoms with van der Waals surface area (Å²) in [4.78, 5) is 11.5. The van der Waals surface area contributed by atoms with Crippen molar-refractivity contribution in [1.29, 1.82) is 0 Å². The van der Waals surface area contributed by atoms with Crippen LogP contribution in [0.2, 0.25) is 0 Å². The van der Waals surface area contributed by atoms with Crippen molar-refractivity contribution in [3.05, 3.63) is 48.0 Å². The molecule has 0 saturated carbocycles. The smallest absolute Gasteiger partial charge is 0.327 e. The van der Waals surface area contributed by atoms with Crippen molar-refractivity contribution in [3.8, 4) is 0 Å². The van der Waals surface area contributed by atoms with Gasteiger partial charge in [-0.3, -0.25) is 5.32 Å². The summed E-state index contributed by atoms with van der Waals surface area (Å²) >= 11 is 0. The summed E-state index contributed by atoms with van der Waals surface area (Å²) < 4.78 is 4.96. The van der Waals surface area contributed by atoms with E-state index in [2.05, 4.69) is 31.0 Å². The van der Waals surface area contributed by atoms with Crippen molar-refractivity contribution in [3.63, 3.8) is 0 Å². The van der Waals surface area contributed by atoms with Crippen LogP contribution in [0.1, 0.15) is 24.9 Å². The minimum Gasteiger partial charge on any atom is -0.460 e. The van der Waals surface area contributed by atoms with E-state index in [1.807, 2.05) is 18.2 Å². The molecule has 0 spiro atoms. The molecule has 1 heterocycles. The largest absolute Gasteiger partial charge is 0.460 e. The molecule has 0 radical (unpaired) electrons. The number of benzene rings is 1. The lowest BCUT2D eigenvalue weighted by Gasteiger charge is -2.20. The molecule has 0 aromatic heterocycles. The SMILES string of the molecule is C=C1COC(=O)[C@@H]1NC(CC)c1ccccc1. The molecule has 0 amide bonds. The highest BCUT2D eigenvalue weighted by molar-refractivity contribution is 5.82. The first-order valence-corrected chi connectivity index (χ1v) is 5.87. The quantitative estimate of drug-likeness (QED) is 0.637. The molecule has 0 aliphatic carbocycles.